The molecule has 0 saturated heterocycles. The minimum absolute atomic E-state index is 0.00558. The molecular weight excluding hydrogens is 519 g/mol. The fourth-order valence-electron chi connectivity index (χ4n) is 4.81. The van der Waals surface area contributed by atoms with Crippen LogP contribution in [0, 0.1) is 5.82 Å². The fourth-order valence-corrected chi connectivity index (χ4v) is 5.48. The molecule has 5 heterocycles. The number of nitrogens with one attached hydrogen (secondary N) is 2. The fraction of sp³-hybridized carbons (Fsp3) is 0.292. The van der Waals surface area contributed by atoms with E-state index in [0.29, 0.717) is 52.6 Å². The van der Waals surface area contributed by atoms with Crippen LogP contribution in [-0.2, 0) is 0 Å². The lowest BCUT2D eigenvalue weighted by Crippen LogP contribution is -2.39. The van der Waals surface area contributed by atoms with Gasteiger partial charge in [0.15, 0.2) is 22.5 Å². The quantitative estimate of drug-likeness (QED) is 0.320. The summed E-state index contributed by atoms with van der Waals surface area (Å²) in [6.07, 6.45) is 5.65. The van der Waals surface area contributed by atoms with Crippen molar-refractivity contribution < 1.29 is 18.0 Å². The van der Waals surface area contributed by atoms with Crippen LogP contribution in [-0.4, -0.2) is 51.6 Å². The predicted octanol–water partition coefficient (Wildman–Crippen LogP) is 4.73. The van der Waals surface area contributed by atoms with Crippen LogP contribution in [0.3, 0.4) is 0 Å². The average Bonchev–Trinajstić information content (AvgIpc) is 3.69. The monoisotopic (exact) mass is 539 g/mol. The Labute approximate surface area is 217 Å². The second-order valence-corrected chi connectivity index (χ2v) is 9.94. The summed E-state index contributed by atoms with van der Waals surface area (Å²) in [5.41, 5.74) is 1.89. The minimum Gasteiger partial charge on any atom is -0.347 e. The molecule has 5 aromatic rings. The molecule has 0 unspecified atom stereocenters. The number of carbonyl (C=O) groups is 1. The van der Waals surface area contributed by atoms with Crippen LogP contribution in [0.5, 0.6) is 0 Å². The molecule has 10 nitrogen and oxygen atoms in total. The summed E-state index contributed by atoms with van der Waals surface area (Å²) in [6.45, 7) is 0. The van der Waals surface area contributed by atoms with Crippen LogP contribution >= 0.6 is 11.3 Å². The smallest absolute Gasteiger partial charge is 0.280 e. The Balaban J connectivity index is 1.36. The highest BCUT2D eigenvalue weighted by Gasteiger charge is 2.30. The van der Waals surface area contributed by atoms with Crippen molar-refractivity contribution in [3.8, 4) is 23.0 Å². The van der Waals surface area contributed by atoms with Gasteiger partial charge in [-0.2, -0.15) is 5.10 Å². The van der Waals surface area contributed by atoms with Crippen molar-refractivity contribution in [2.24, 2.45) is 0 Å². The number of thiazole rings is 1. The molecule has 38 heavy (non-hydrogen) atoms. The average molecular weight is 540 g/mol. The standard InChI is InChI=1S/C24H20F3N9OS/c25-14-5-2-6-28-19(14)22-34-16-9-29-15(21-31-11-32-35-21)8-17(16)36(22)13-4-1-3-12(7-13)33-23(37)24-30-10-18(38-24)20(26)27/h2,5-6,8-13,20H,1,3-4,7H2,(H,33,37)(H,31,32,35)/t12-,13+/m0/s1. The molecule has 14 heteroatoms. The van der Waals surface area contributed by atoms with Crippen molar-refractivity contribution in [3.05, 3.63) is 58.8 Å². The van der Waals surface area contributed by atoms with Crippen molar-refractivity contribution in [3.63, 3.8) is 0 Å². The van der Waals surface area contributed by atoms with Crippen LogP contribution in [0.15, 0.2) is 43.1 Å². The van der Waals surface area contributed by atoms with Gasteiger partial charge in [-0.05, 0) is 43.9 Å². The number of hydrogen-bond donors (Lipinski definition) is 2. The Kier molecular flexibility index (Phi) is 6.31. The van der Waals surface area contributed by atoms with Crippen molar-refractivity contribution >= 4 is 28.3 Å². The lowest BCUT2D eigenvalue weighted by Gasteiger charge is -2.31. The Morgan fingerprint density at radius 2 is 2.08 bits per heavy atom. The van der Waals surface area contributed by atoms with Crippen molar-refractivity contribution in [2.45, 2.75) is 44.2 Å². The third-order valence-corrected chi connectivity index (χ3v) is 7.47. The number of H-pyrrole nitrogens is 1. The van der Waals surface area contributed by atoms with E-state index in [9.17, 15) is 18.0 Å². The zero-order valence-electron chi connectivity index (χ0n) is 19.7. The topological polar surface area (TPSA) is 127 Å². The van der Waals surface area contributed by atoms with Gasteiger partial charge in [-0.3, -0.25) is 14.9 Å². The summed E-state index contributed by atoms with van der Waals surface area (Å²) in [5.74, 6) is -0.239. The number of aromatic nitrogens is 8. The number of amides is 1. The molecule has 2 atom stereocenters. The van der Waals surface area contributed by atoms with E-state index in [1.165, 1.54) is 24.7 Å². The van der Waals surface area contributed by atoms with E-state index < -0.39 is 18.1 Å². The highest BCUT2D eigenvalue weighted by Crippen LogP contribution is 2.37. The van der Waals surface area contributed by atoms with Gasteiger partial charge in [0.25, 0.3) is 12.3 Å². The number of carbonyl (C=O) groups excluding carboxylic acids is 1. The number of fused-ring (bicyclic) bond motifs is 1. The molecular formula is C24H20F3N9OS. The Bertz CT molecular complexity index is 1600. The number of hydrogen-bond acceptors (Lipinski definition) is 8. The van der Waals surface area contributed by atoms with Gasteiger partial charge in [-0.25, -0.2) is 33.1 Å². The predicted molar refractivity (Wildman–Crippen MR) is 132 cm³/mol. The summed E-state index contributed by atoms with van der Waals surface area (Å²) >= 11 is 0.680. The van der Waals surface area contributed by atoms with Gasteiger partial charge in [0.1, 0.15) is 23.2 Å². The van der Waals surface area contributed by atoms with Gasteiger partial charge in [-0.15, -0.1) is 11.3 Å². The van der Waals surface area contributed by atoms with Gasteiger partial charge in [0.2, 0.25) is 0 Å². The summed E-state index contributed by atoms with van der Waals surface area (Å²) in [7, 11) is 0. The second-order valence-electron chi connectivity index (χ2n) is 8.88. The lowest BCUT2D eigenvalue weighted by atomic mass is 9.90. The van der Waals surface area contributed by atoms with E-state index in [4.69, 9.17) is 0 Å². The molecule has 0 bridgehead atoms. The molecule has 194 valence electrons. The number of alkyl halides is 2. The zero-order valence-corrected chi connectivity index (χ0v) is 20.5. The Morgan fingerprint density at radius 1 is 1.18 bits per heavy atom. The lowest BCUT2D eigenvalue weighted by molar-refractivity contribution is 0.0920. The number of rotatable bonds is 6. The van der Waals surface area contributed by atoms with Gasteiger partial charge < -0.3 is 9.88 Å². The summed E-state index contributed by atoms with van der Waals surface area (Å²) in [5, 5.41) is 9.70. The first kappa shape index (κ1) is 24.2. The maximum Gasteiger partial charge on any atom is 0.280 e. The molecule has 1 aliphatic carbocycles. The van der Waals surface area contributed by atoms with Crippen LogP contribution in [0.4, 0.5) is 13.2 Å². The van der Waals surface area contributed by atoms with Gasteiger partial charge in [-0.1, -0.05) is 0 Å². The van der Waals surface area contributed by atoms with E-state index in [1.807, 2.05) is 4.57 Å². The molecule has 5 aromatic heterocycles. The SMILES string of the molecule is O=C(N[C@H]1CCC[C@@H](n2c(-c3ncccc3F)nc3cnc(-c4nc[nH]n4)cc32)C1)c1ncc(C(F)F)s1. The number of aromatic amines is 1. The molecule has 6 rings (SSSR count). The molecule has 1 saturated carbocycles. The molecule has 1 aliphatic rings. The number of imidazole rings is 1. The molecule has 0 aliphatic heterocycles. The first-order valence-corrected chi connectivity index (χ1v) is 12.7. The third-order valence-electron chi connectivity index (χ3n) is 6.47. The van der Waals surface area contributed by atoms with E-state index in [0.717, 1.165) is 19.0 Å². The first-order valence-electron chi connectivity index (χ1n) is 11.9. The van der Waals surface area contributed by atoms with Crippen molar-refractivity contribution in [2.75, 3.05) is 0 Å². The summed E-state index contributed by atoms with van der Waals surface area (Å²) < 4.78 is 42.7. The normalized spacial score (nSPS) is 17.8. The maximum absolute atomic E-state index is 14.9. The van der Waals surface area contributed by atoms with E-state index in [-0.39, 0.29) is 27.7 Å². The number of pyridine rings is 2. The third kappa shape index (κ3) is 4.51. The van der Waals surface area contributed by atoms with Gasteiger partial charge in [0, 0.05) is 24.5 Å². The van der Waals surface area contributed by atoms with Crippen LogP contribution in [0.1, 0.15) is 52.8 Å². The van der Waals surface area contributed by atoms with Crippen LogP contribution < -0.4 is 5.32 Å². The minimum atomic E-state index is -2.68. The highest BCUT2D eigenvalue weighted by molar-refractivity contribution is 7.13. The molecule has 0 radical (unpaired) electrons. The van der Waals surface area contributed by atoms with Gasteiger partial charge >= 0.3 is 0 Å². The van der Waals surface area contributed by atoms with Gasteiger partial charge in [0.05, 0.1) is 16.6 Å². The largest absolute Gasteiger partial charge is 0.347 e. The molecule has 0 spiro atoms. The Hall–Kier alpha value is -4.20. The summed E-state index contributed by atoms with van der Waals surface area (Å²) in [6, 6.07) is 4.24. The maximum atomic E-state index is 14.9. The molecule has 2 N–H and O–H groups in total. The Morgan fingerprint density at radius 3 is 2.84 bits per heavy atom. The second kappa shape index (κ2) is 9.93. The van der Waals surface area contributed by atoms with Crippen LogP contribution in [0.25, 0.3) is 34.1 Å². The van der Waals surface area contributed by atoms with E-state index >= 15 is 0 Å². The number of nitrogens with zero attached hydrogens (tertiary/aromatic N) is 7. The summed E-state index contributed by atoms with van der Waals surface area (Å²) in [4.78, 5) is 33.9. The first-order chi connectivity index (χ1) is 18.5. The molecule has 1 amide bonds. The number of halogens is 3. The zero-order chi connectivity index (χ0) is 26.2. The van der Waals surface area contributed by atoms with Crippen LogP contribution in [0.2, 0.25) is 0 Å². The van der Waals surface area contributed by atoms with Crippen molar-refractivity contribution in [1.82, 2.24) is 45.0 Å². The highest BCUT2D eigenvalue weighted by atomic mass is 32.1. The van der Waals surface area contributed by atoms with E-state index in [1.54, 1.807) is 12.3 Å². The van der Waals surface area contributed by atoms with Crippen molar-refractivity contribution in [1.29, 1.82) is 0 Å². The molecule has 0 aromatic carbocycles. The molecule has 1 fully saturated rings. The van der Waals surface area contributed by atoms with E-state index in [2.05, 4.69) is 40.4 Å².